The molecule has 1 aromatic rings. The molecule has 0 amide bonds. The van der Waals surface area contributed by atoms with Crippen molar-refractivity contribution in [3.8, 4) is 11.5 Å². The van der Waals surface area contributed by atoms with Gasteiger partial charge in [-0.15, -0.1) is 0 Å². The Kier molecular flexibility index (Phi) is 1.77. The predicted octanol–water partition coefficient (Wildman–Crippen LogP) is 1.78. The summed E-state index contributed by atoms with van der Waals surface area (Å²) in [6.45, 7) is 1.74. The maximum Gasteiger partial charge on any atom is 0.174 e. The van der Waals surface area contributed by atoms with Gasteiger partial charge in [0.2, 0.25) is 0 Å². The van der Waals surface area contributed by atoms with Gasteiger partial charge < -0.3 is 10.2 Å². The van der Waals surface area contributed by atoms with Crippen LogP contribution in [-0.2, 0) is 0 Å². The molecule has 72 valence electrons. The number of aromatic hydroxyl groups is 2. The van der Waals surface area contributed by atoms with Gasteiger partial charge in [-0.2, -0.15) is 0 Å². The van der Waals surface area contributed by atoms with Crippen molar-refractivity contribution in [1.29, 1.82) is 0 Å². The van der Waals surface area contributed by atoms with E-state index in [-0.39, 0.29) is 29.3 Å². The second-order valence-electron chi connectivity index (χ2n) is 3.31. The molecule has 4 nitrogen and oxygen atoms in total. The van der Waals surface area contributed by atoms with Gasteiger partial charge in [0.15, 0.2) is 5.78 Å². The number of carbonyl (C=O) groups is 1. The van der Waals surface area contributed by atoms with Gasteiger partial charge in [-0.25, -0.2) is 0 Å². The van der Waals surface area contributed by atoms with Gasteiger partial charge in [0, 0.05) is 24.3 Å². The average Bonchev–Trinajstić information content (AvgIpc) is 1.99. The van der Waals surface area contributed by atoms with Crippen molar-refractivity contribution in [1.82, 2.24) is 0 Å². The first-order valence-corrected chi connectivity index (χ1v) is 4.21. The minimum Gasteiger partial charge on any atom is -0.508 e. The van der Waals surface area contributed by atoms with Gasteiger partial charge in [-0.05, 0) is 6.92 Å². The van der Waals surface area contributed by atoms with E-state index in [0.717, 1.165) is 6.07 Å². The minimum atomic E-state index is -0.207. The van der Waals surface area contributed by atoms with E-state index in [0.29, 0.717) is 11.4 Å². The van der Waals surface area contributed by atoms with E-state index in [1.807, 2.05) is 0 Å². The van der Waals surface area contributed by atoms with E-state index in [4.69, 9.17) is 0 Å². The number of nitrogens with zero attached hydrogens (tertiary/aromatic N) is 1. The van der Waals surface area contributed by atoms with Gasteiger partial charge in [0.1, 0.15) is 11.5 Å². The normalized spacial score (nSPS) is 14.9. The lowest BCUT2D eigenvalue weighted by atomic mass is 9.99. The summed E-state index contributed by atoms with van der Waals surface area (Å²) < 4.78 is 0. The Morgan fingerprint density at radius 3 is 2.79 bits per heavy atom. The molecule has 14 heavy (non-hydrogen) atoms. The van der Waals surface area contributed by atoms with Crippen LogP contribution in [0.1, 0.15) is 23.7 Å². The average molecular weight is 191 g/mol. The third-order valence-electron chi connectivity index (χ3n) is 2.09. The SMILES string of the molecule is CC1=Nc2cc(O)cc(O)c2C(=O)C1. The Hall–Kier alpha value is -1.84. The standard InChI is InChI=1S/C10H9NO3/c1-5-2-8(13)10-7(11-5)3-6(12)4-9(10)14/h3-4,12,14H,2H2,1H3. The molecule has 1 aliphatic heterocycles. The zero-order chi connectivity index (χ0) is 10.3. The Morgan fingerprint density at radius 1 is 1.36 bits per heavy atom. The number of benzene rings is 1. The number of carbonyl (C=O) groups excluding carboxylic acids is 1. The van der Waals surface area contributed by atoms with Gasteiger partial charge >= 0.3 is 0 Å². The molecule has 0 unspecified atom stereocenters. The lowest BCUT2D eigenvalue weighted by molar-refractivity contribution is 0.0997. The number of aliphatic imine (C=N–C) groups is 1. The third kappa shape index (κ3) is 1.25. The fourth-order valence-electron chi connectivity index (χ4n) is 1.54. The van der Waals surface area contributed by atoms with Crippen molar-refractivity contribution in [2.75, 3.05) is 0 Å². The highest BCUT2D eigenvalue weighted by Crippen LogP contribution is 2.36. The van der Waals surface area contributed by atoms with Crippen LogP contribution in [-0.4, -0.2) is 21.7 Å². The maximum absolute atomic E-state index is 11.5. The lowest BCUT2D eigenvalue weighted by Crippen LogP contribution is -2.10. The Labute approximate surface area is 80.5 Å². The maximum atomic E-state index is 11.5. The largest absolute Gasteiger partial charge is 0.508 e. The Bertz CT molecular complexity index is 449. The molecule has 0 saturated heterocycles. The summed E-state index contributed by atoms with van der Waals surface area (Å²) in [6.07, 6.45) is 0.228. The molecular formula is C10H9NO3. The number of hydrogen-bond acceptors (Lipinski definition) is 4. The van der Waals surface area contributed by atoms with Gasteiger partial charge in [0.25, 0.3) is 0 Å². The second-order valence-corrected chi connectivity index (χ2v) is 3.31. The molecule has 1 aliphatic rings. The monoisotopic (exact) mass is 191 g/mol. The molecule has 0 bridgehead atoms. The van der Waals surface area contributed by atoms with Crippen LogP contribution in [0.2, 0.25) is 0 Å². The summed E-state index contributed by atoms with van der Waals surface area (Å²) in [5, 5.41) is 18.6. The van der Waals surface area contributed by atoms with Crippen molar-refractivity contribution < 1.29 is 15.0 Å². The van der Waals surface area contributed by atoms with Crippen molar-refractivity contribution in [3.63, 3.8) is 0 Å². The van der Waals surface area contributed by atoms with E-state index in [9.17, 15) is 15.0 Å². The first-order chi connectivity index (χ1) is 6.58. The van der Waals surface area contributed by atoms with E-state index in [2.05, 4.69) is 4.99 Å². The Balaban J connectivity index is 2.71. The lowest BCUT2D eigenvalue weighted by Gasteiger charge is -2.13. The zero-order valence-corrected chi connectivity index (χ0v) is 7.61. The van der Waals surface area contributed by atoms with E-state index >= 15 is 0 Å². The second kappa shape index (κ2) is 2.83. The number of rotatable bonds is 0. The number of hydrogen-bond donors (Lipinski definition) is 2. The van der Waals surface area contributed by atoms with Crippen LogP contribution in [0.4, 0.5) is 5.69 Å². The van der Waals surface area contributed by atoms with Crippen LogP contribution >= 0.6 is 0 Å². The van der Waals surface area contributed by atoms with Gasteiger partial charge in [0.05, 0.1) is 11.3 Å². The number of Topliss-reactive ketones (excluding diaryl/α,β-unsaturated/α-hetero) is 1. The summed E-state index contributed by atoms with van der Waals surface area (Å²) in [6, 6.07) is 2.52. The molecule has 4 heteroatoms. The predicted molar refractivity (Wildman–Crippen MR) is 51.5 cm³/mol. The molecule has 0 aliphatic carbocycles. The number of phenolic OH excluding ortho intramolecular Hbond substituents is 2. The fourth-order valence-corrected chi connectivity index (χ4v) is 1.54. The van der Waals surface area contributed by atoms with Crippen molar-refractivity contribution >= 4 is 17.2 Å². The van der Waals surface area contributed by atoms with Crippen LogP contribution < -0.4 is 0 Å². The molecule has 0 aromatic heterocycles. The summed E-state index contributed by atoms with van der Waals surface area (Å²) >= 11 is 0. The smallest absolute Gasteiger partial charge is 0.174 e. The number of phenols is 2. The first-order valence-electron chi connectivity index (χ1n) is 4.21. The Morgan fingerprint density at radius 2 is 2.07 bits per heavy atom. The zero-order valence-electron chi connectivity index (χ0n) is 7.61. The van der Waals surface area contributed by atoms with Crippen LogP contribution in [0.25, 0.3) is 0 Å². The summed E-state index contributed by atoms with van der Waals surface area (Å²) in [5.74, 6) is -0.459. The summed E-state index contributed by atoms with van der Waals surface area (Å²) in [4.78, 5) is 15.6. The molecule has 0 radical (unpaired) electrons. The topological polar surface area (TPSA) is 69.9 Å². The van der Waals surface area contributed by atoms with Crippen LogP contribution in [0.5, 0.6) is 11.5 Å². The quantitative estimate of drug-likeness (QED) is 0.656. The highest BCUT2D eigenvalue weighted by atomic mass is 16.3. The molecule has 2 rings (SSSR count). The van der Waals surface area contributed by atoms with Crippen molar-refractivity contribution in [2.45, 2.75) is 13.3 Å². The summed E-state index contributed by atoms with van der Waals surface area (Å²) in [7, 11) is 0. The first kappa shape index (κ1) is 8.74. The number of ketones is 1. The van der Waals surface area contributed by atoms with Crippen molar-refractivity contribution in [3.05, 3.63) is 17.7 Å². The molecule has 2 N–H and O–H groups in total. The van der Waals surface area contributed by atoms with Crippen LogP contribution in [0.3, 0.4) is 0 Å². The molecule has 0 fully saturated rings. The van der Waals surface area contributed by atoms with Crippen LogP contribution in [0, 0.1) is 0 Å². The highest BCUT2D eigenvalue weighted by molar-refractivity contribution is 6.16. The summed E-state index contributed by atoms with van der Waals surface area (Å²) in [5.41, 5.74) is 1.23. The molecule has 1 aromatic carbocycles. The molecule has 0 spiro atoms. The highest BCUT2D eigenvalue weighted by Gasteiger charge is 2.22. The van der Waals surface area contributed by atoms with Crippen LogP contribution in [0.15, 0.2) is 17.1 Å². The minimum absolute atomic E-state index is 0.0903. The van der Waals surface area contributed by atoms with E-state index in [1.54, 1.807) is 6.92 Å². The molecule has 0 atom stereocenters. The fraction of sp³-hybridized carbons (Fsp3) is 0.200. The number of fused-ring (bicyclic) bond motifs is 1. The third-order valence-corrected chi connectivity index (χ3v) is 2.09. The molecule has 1 heterocycles. The molecule has 0 saturated carbocycles. The van der Waals surface area contributed by atoms with Gasteiger partial charge in [-0.1, -0.05) is 0 Å². The van der Waals surface area contributed by atoms with E-state index in [1.165, 1.54) is 6.07 Å². The van der Waals surface area contributed by atoms with E-state index < -0.39 is 0 Å². The van der Waals surface area contributed by atoms with Crippen molar-refractivity contribution in [2.24, 2.45) is 4.99 Å². The van der Waals surface area contributed by atoms with Gasteiger partial charge in [-0.3, -0.25) is 9.79 Å². The molecular weight excluding hydrogens is 182 g/mol.